The van der Waals surface area contributed by atoms with Crippen LogP contribution in [0.15, 0.2) is 43.0 Å². The summed E-state index contributed by atoms with van der Waals surface area (Å²) in [7, 11) is 1.66. The molecule has 0 saturated heterocycles. The first-order valence-electron chi connectivity index (χ1n) is 5.61. The van der Waals surface area contributed by atoms with E-state index in [-0.39, 0.29) is 0 Å². The van der Waals surface area contributed by atoms with Crippen LogP contribution in [-0.4, -0.2) is 26.9 Å². The second-order valence-electron chi connectivity index (χ2n) is 3.97. The van der Waals surface area contributed by atoms with Crippen LogP contribution in [0.2, 0.25) is 0 Å². The molecular formula is C13H12N4O. The smallest absolute Gasteiger partial charge is 0.129 e. The largest absolute Gasteiger partial charge is 0.497 e. The van der Waals surface area contributed by atoms with E-state index in [1.807, 2.05) is 35.1 Å². The van der Waals surface area contributed by atoms with Crippen LogP contribution in [0.4, 0.5) is 0 Å². The van der Waals surface area contributed by atoms with Gasteiger partial charge in [-0.05, 0) is 17.7 Å². The predicted molar refractivity (Wildman–Crippen MR) is 67.4 cm³/mol. The van der Waals surface area contributed by atoms with E-state index in [1.165, 1.54) is 6.33 Å². The average Bonchev–Trinajstić information content (AvgIpc) is 2.82. The van der Waals surface area contributed by atoms with Gasteiger partial charge in [-0.3, -0.25) is 4.68 Å². The average molecular weight is 240 g/mol. The van der Waals surface area contributed by atoms with E-state index in [0.29, 0.717) is 6.54 Å². The lowest BCUT2D eigenvalue weighted by molar-refractivity contribution is 0.414. The van der Waals surface area contributed by atoms with Gasteiger partial charge in [-0.1, -0.05) is 12.1 Å². The Labute approximate surface area is 104 Å². The number of ether oxygens (including phenoxy) is 1. The van der Waals surface area contributed by atoms with Crippen LogP contribution in [0.1, 0.15) is 5.56 Å². The van der Waals surface area contributed by atoms with E-state index in [9.17, 15) is 0 Å². The normalized spacial score (nSPS) is 10.7. The number of benzene rings is 1. The number of fused-ring (bicyclic) bond motifs is 1. The number of hydrogen-bond acceptors (Lipinski definition) is 4. The molecule has 1 aromatic carbocycles. The molecule has 0 N–H and O–H groups in total. The predicted octanol–water partition coefficient (Wildman–Crippen LogP) is 1.88. The van der Waals surface area contributed by atoms with Gasteiger partial charge in [-0.25, -0.2) is 9.97 Å². The third kappa shape index (κ3) is 2.02. The van der Waals surface area contributed by atoms with Gasteiger partial charge < -0.3 is 4.74 Å². The van der Waals surface area contributed by atoms with Crippen LogP contribution in [0.5, 0.6) is 5.75 Å². The Morgan fingerprint density at radius 2 is 2.00 bits per heavy atom. The Kier molecular flexibility index (Phi) is 2.64. The van der Waals surface area contributed by atoms with Crippen LogP contribution in [0, 0.1) is 0 Å². The van der Waals surface area contributed by atoms with Crippen LogP contribution < -0.4 is 4.74 Å². The summed E-state index contributed by atoms with van der Waals surface area (Å²) < 4.78 is 6.99. The SMILES string of the molecule is COc1ccc(Cn2cc3ncncc3n2)cc1. The summed E-state index contributed by atoms with van der Waals surface area (Å²) in [6, 6.07) is 7.93. The van der Waals surface area contributed by atoms with Gasteiger partial charge in [0.05, 0.1) is 26.0 Å². The minimum Gasteiger partial charge on any atom is -0.497 e. The molecule has 0 spiro atoms. The van der Waals surface area contributed by atoms with Crippen molar-refractivity contribution >= 4 is 11.0 Å². The number of hydrogen-bond donors (Lipinski definition) is 0. The van der Waals surface area contributed by atoms with Crippen molar-refractivity contribution in [2.24, 2.45) is 0 Å². The van der Waals surface area contributed by atoms with E-state index in [4.69, 9.17) is 4.74 Å². The zero-order chi connectivity index (χ0) is 12.4. The van der Waals surface area contributed by atoms with E-state index < -0.39 is 0 Å². The monoisotopic (exact) mass is 240 g/mol. The van der Waals surface area contributed by atoms with Gasteiger partial charge in [-0.2, -0.15) is 5.10 Å². The standard InChI is InChI=1S/C13H12N4O/c1-18-11-4-2-10(3-5-11)7-17-8-13-12(16-17)6-14-9-15-13/h2-6,8-9H,7H2,1H3. The maximum atomic E-state index is 5.13. The molecular weight excluding hydrogens is 228 g/mol. The van der Waals surface area contributed by atoms with Crippen molar-refractivity contribution in [2.75, 3.05) is 7.11 Å². The van der Waals surface area contributed by atoms with Crippen molar-refractivity contribution in [3.05, 3.63) is 48.5 Å². The van der Waals surface area contributed by atoms with Crippen molar-refractivity contribution < 1.29 is 4.74 Å². The third-order valence-electron chi connectivity index (χ3n) is 2.73. The second-order valence-corrected chi connectivity index (χ2v) is 3.97. The highest BCUT2D eigenvalue weighted by atomic mass is 16.5. The van der Waals surface area contributed by atoms with Crippen molar-refractivity contribution in [2.45, 2.75) is 6.54 Å². The van der Waals surface area contributed by atoms with Gasteiger partial charge in [0, 0.05) is 0 Å². The minimum absolute atomic E-state index is 0.709. The van der Waals surface area contributed by atoms with Gasteiger partial charge in [-0.15, -0.1) is 0 Å². The Morgan fingerprint density at radius 1 is 1.17 bits per heavy atom. The van der Waals surface area contributed by atoms with Crippen LogP contribution in [0.3, 0.4) is 0 Å². The van der Waals surface area contributed by atoms with Gasteiger partial charge in [0.1, 0.15) is 23.1 Å². The molecule has 5 heteroatoms. The van der Waals surface area contributed by atoms with Gasteiger partial charge in [0.2, 0.25) is 0 Å². The molecule has 0 bridgehead atoms. The van der Waals surface area contributed by atoms with Crippen LogP contribution >= 0.6 is 0 Å². The fraction of sp³-hybridized carbons (Fsp3) is 0.154. The molecule has 2 aromatic heterocycles. The van der Waals surface area contributed by atoms with E-state index in [0.717, 1.165) is 22.3 Å². The van der Waals surface area contributed by atoms with E-state index in [1.54, 1.807) is 13.3 Å². The highest BCUT2D eigenvalue weighted by Crippen LogP contribution is 2.13. The lowest BCUT2D eigenvalue weighted by atomic mass is 10.2. The van der Waals surface area contributed by atoms with Crippen LogP contribution in [-0.2, 0) is 6.54 Å². The highest BCUT2D eigenvalue weighted by molar-refractivity contribution is 5.71. The lowest BCUT2D eigenvalue weighted by Crippen LogP contribution is -1.99. The second kappa shape index (κ2) is 4.44. The summed E-state index contributed by atoms with van der Waals surface area (Å²) in [5, 5.41) is 4.41. The van der Waals surface area contributed by atoms with Crippen molar-refractivity contribution in [1.29, 1.82) is 0 Å². The first-order chi connectivity index (χ1) is 8.85. The maximum absolute atomic E-state index is 5.13. The Hall–Kier alpha value is -2.43. The number of nitrogens with zero attached hydrogens (tertiary/aromatic N) is 4. The maximum Gasteiger partial charge on any atom is 0.129 e. The number of rotatable bonds is 3. The highest BCUT2D eigenvalue weighted by Gasteiger charge is 2.02. The molecule has 0 aliphatic carbocycles. The summed E-state index contributed by atoms with van der Waals surface area (Å²) in [5.74, 6) is 0.857. The topological polar surface area (TPSA) is 52.8 Å². The molecule has 3 aromatic rings. The summed E-state index contributed by atoms with van der Waals surface area (Å²) in [6.45, 7) is 0.709. The van der Waals surface area contributed by atoms with Crippen molar-refractivity contribution in [1.82, 2.24) is 19.7 Å². The summed E-state index contributed by atoms with van der Waals surface area (Å²) in [5.41, 5.74) is 2.83. The molecule has 0 saturated carbocycles. The molecule has 2 heterocycles. The Morgan fingerprint density at radius 3 is 2.72 bits per heavy atom. The first kappa shape index (κ1) is 10.7. The lowest BCUT2D eigenvalue weighted by Gasteiger charge is -2.03. The van der Waals surface area contributed by atoms with Crippen molar-refractivity contribution in [3.8, 4) is 5.75 Å². The zero-order valence-electron chi connectivity index (χ0n) is 9.95. The molecule has 3 rings (SSSR count). The van der Waals surface area contributed by atoms with E-state index >= 15 is 0 Å². The molecule has 0 atom stereocenters. The van der Waals surface area contributed by atoms with Gasteiger partial charge in [0.15, 0.2) is 0 Å². The molecule has 0 aliphatic rings. The molecule has 18 heavy (non-hydrogen) atoms. The number of methoxy groups -OCH3 is 1. The van der Waals surface area contributed by atoms with Crippen LogP contribution in [0.25, 0.3) is 11.0 Å². The fourth-order valence-electron chi connectivity index (χ4n) is 1.82. The molecule has 5 nitrogen and oxygen atoms in total. The summed E-state index contributed by atoms with van der Waals surface area (Å²) in [4.78, 5) is 8.11. The molecule has 0 radical (unpaired) electrons. The third-order valence-corrected chi connectivity index (χ3v) is 2.73. The van der Waals surface area contributed by atoms with Gasteiger partial charge in [0.25, 0.3) is 0 Å². The molecule has 90 valence electrons. The summed E-state index contributed by atoms with van der Waals surface area (Å²) in [6.07, 6.45) is 5.16. The molecule has 0 amide bonds. The van der Waals surface area contributed by atoms with E-state index in [2.05, 4.69) is 15.1 Å². The molecule has 0 aliphatic heterocycles. The number of aromatic nitrogens is 4. The first-order valence-corrected chi connectivity index (χ1v) is 5.61. The quantitative estimate of drug-likeness (QED) is 0.701. The minimum atomic E-state index is 0.709. The summed E-state index contributed by atoms with van der Waals surface area (Å²) >= 11 is 0. The fourth-order valence-corrected chi connectivity index (χ4v) is 1.82. The van der Waals surface area contributed by atoms with Gasteiger partial charge >= 0.3 is 0 Å². The Bertz CT molecular complexity index is 627. The van der Waals surface area contributed by atoms with Crippen molar-refractivity contribution in [3.63, 3.8) is 0 Å². The molecule has 0 fully saturated rings. The Balaban J connectivity index is 1.86. The zero-order valence-corrected chi connectivity index (χ0v) is 9.95. The molecule has 0 unspecified atom stereocenters.